The summed E-state index contributed by atoms with van der Waals surface area (Å²) in [6.45, 7) is 4.30. The molecule has 2 aromatic carbocycles. The lowest BCUT2D eigenvalue weighted by Gasteiger charge is -2.22. The Morgan fingerprint density at radius 3 is 2.86 bits per heavy atom. The van der Waals surface area contributed by atoms with Crippen LogP contribution in [0.2, 0.25) is 0 Å². The molecule has 1 N–H and O–H groups in total. The average Bonchev–Trinajstić information content (AvgIpc) is 2.71. The number of halogens is 1. The fourth-order valence-corrected chi connectivity index (χ4v) is 2.93. The second-order valence-corrected chi connectivity index (χ2v) is 6.08. The van der Waals surface area contributed by atoms with Gasteiger partial charge in [0, 0.05) is 35.4 Å². The smallest absolute Gasteiger partial charge is 0.258 e. The van der Waals surface area contributed by atoms with Crippen LogP contribution in [0.1, 0.15) is 21.5 Å². The quantitative estimate of drug-likeness (QED) is 0.858. The molecule has 1 heterocycles. The van der Waals surface area contributed by atoms with Crippen LogP contribution in [-0.4, -0.2) is 19.0 Å². The van der Waals surface area contributed by atoms with Gasteiger partial charge in [-0.25, -0.2) is 0 Å². The molecule has 2 aromatic rings. The van der Waals surface area contributed by atoms with E-state index in [1.54, 1.807) is 0 Å². The Balaban J connectivity index is 1.99. The second-order valence-electron chi connectivity index (χ2n) is 5.23. The van der Waals surface area contributed by atoms with Crippen molar-refractivity contribution in [2.75, 3.05) is 18.0 Å². The molecule has 0 atom stereocenters. The molecule has 21 heavy (non-hydrogen) atoms. The molecular weight excluding hydrogens is 328 g/mol. The Bertz CT molecular complexity index is 684. The molecule has 0 fully saturated rings. The summed E-state index contributed by atoms with van der Waals surface area (Å²) in [6, 6.07) is 13.8. The molecule has 108 valence electrons. The van der Waals surface area contributed by atoms with E-state index in [9.17, 15) is 4.79 Å². The van der Waals surface area contributed by atoms with Crippen molar-refractivity contribution in [3.63, 3.8) is 0 Å². The molecule has 0 saturated heterocycles. The van der Waals surface area contributed by atoms with Gasteiger partial charge in [-0.2, -0.15) is 0 Å². The number of carbonyl (C=O) groups is 1. The molecular formula is C17H17BrN2O. The van der Waals surface area contributed by atoms with E-state index in [4.69, 9.17) is 0 Å². The number of hydrogen-bond acceptors (Lipinski definition) is 2. The van der Waals surface area contributed by atoms with E-state index in [1.807, 2.05) is 48.2 Å². The van der Waals surface area contributed by atoms with Crippen LogP contribution in [0.25, 0.3) is 0 Å². The summed E-state index contributed by atoms with van der Waals surface area (Å²) in [6.07, 6.45) is 0. The minimum atomic E-state index is 0.0480. The van der Waals surface area contributed by atoms with Crippen LogP contribution in [0.4, 0.5) is 5.69 Å². The van der Waals surface area contributed by atoms with E-state index in [0.29, 0.717) is 12.1 Å². The van der Waals surface area contributed by atoms with Crippen molar-refractivity contribution in [1.82, 2.24) is 5.32 Å². The highest BCUT2D eigenvalue weighted by molar-refractivity contribution is 9.10. The molecule has 3 nitrogen and oxygen atoms in total. The number of rotatable bonds is 1. The van der Waals surface area contributed by atoms with E-state index in [-0.39, 0.29) is 5.91 Å². The zero-order valence-corrected chi connectivity index (χ0v) is 13.5. The molecule has 1 amide bonds. The van der Waals surface area contributed by atoms with Gasteiger partial charge in [-0.15, -0.1) is 0 Å². The van der Waals surface area contributed by atoms with Crippen LogP contribution in [0.5, 0.6) is 0 Å². The van der Waals surface area contributed by atoms with Gasteiger partial charge in [0.1, 0.15) is 0 Å². The largest absolute Gasteiger partial charge is 0.311 e. The molecule has 1 aliphatic rings. The van der Waals surface area contributed by atoms with Gasteiger partial charge in [0.05, 0.1) is 0 Å². The zero-order valence-electron chi connectivity index (χ0n) is 11.9. The van der Waals surface area contributed by atoms with Crippen LogP contribution >= 0.6 is 15.9 Å². The summed E-state index contributed by atoms with van der Waals surface area (Å²) in [7, 11) is 0. The van der Waals surface area contributed by atoms with Crippen LogP contribution in [0.15, 0.2) is 46.9 Å². The van der Waals surface area contributed by atoms with Crippen molar-refractivity contribution >= 4 is 27.5 Å². The van der Waals surface area contributed by atoms with Crippen LogP contribution in [0.3, 0.4) is 0 Å². The van der Waals surface area contributed by atoms with Gasteiger partial charge in [-0.1, -0.05) is 40.2 Å². The van der Waals surface area contributed by atoms with Gasteiger partial charge in [-0.3, -0.25) is 4.79 Å². The maximum Gasteiger partial charge on any atom is 0.258 e. The van der Waals surface area contributed by atoms with Crippen molar-refractivity contribution in [1.29, 1.82) is 0 Å². The maximum atomic E-state index is 12.9. The van der Waals surface area contributed by atoms with Gasteiger partial charge in [0.15, 0.2) is 0 Å². The lowest BCUT2D eigenvalue weighted by atomic mass is 10.1. The molecule has 0 aliphatic carbocycles. The van der Waals surface area contributed by atoms with E-state index in [0.717, 1.165) is 34.4 Å². The first kappa shape index (κ1) is 14.3. The van der Waals surface area contributed by atoms with Crippen LogP contribution < -0.4 is 10.2 Å². The molecule has 3 rings (SSSR count). The van der Waals surface area contributed by atoms with Gasteiger partial charge in [-0.05, 0) is 36.2 Å². The number of aryl methyl sites for hydroxylation is 1. The number of benzene rings is 2. The molecule has 0 aromatic heterocycles. The van der Waals surface area contributed by atoms with E-state index < -0.39 is 0 Å². The molecule has 4 heteroatoms. The highest BCUT2D eigenvalue weighted by Crippen LogP contribution is 2.25. The Labute approximate surface area is 133 Å². The Kier molecular flexibility index (Phi) is 4.08. The summed E-state index contributed by atoms with van der Waals surface area (Å²) in [4.78, 5) is 14.7. The predicted molar refractivity (Wildman–Crippen MR) is 88.7 cm³/mol. The number of fused-ring (bicyclic) bond motifs is 1. The topological polar surface area (TPSA) is 32.3 Å². The highest BCUT2D eigenvalue weighted by atomic mass is 79.9. The summed E-state index contributed by atoms with van der Waals surface area (Å²) in [5.41, 5.74) is 4.01. The first-order valence-corrected chi connectivity index (χ1v) is 7.83. The van der Waals surface area contributed by atoms with Gasteiger partial charge >= 0.3 is 0 Å². The number of hydrogen-bond donors (Lipinski definition) is 1. The Morgan fingerprint density at radius 2 is 2.05 bits per heavy atom. The summed E-state index contributed by atoms with van der Waals surface area (Å²) in [5, 5.41) is 3.36. The number of carbonyl (C=O) groups excluding carboxylic acids is 1. The molecule has 0 unspecified atom stereocenters. The Hall–Kier alpha value is -1.65. The number of para-hydroxylation sites is 1. The first-order valence-electron chi connectivity index (χ1n) is 7.03. The molecule has 0 saturated carbocycles. The normalized spacial score (nSPS) is 14.5. The monoisotopic (exact) mass is 344 g/mol. The van der Waals surface area contributed by atoms with Crippen molar-refractivity contribution in [3.05, 3.63) is 63.6 Å². The van der Waals surface area contributed by atoms with Gasteiger partial charge in [0.25, 0.3) is 5.91 Å². The first-order chi connectivity index (χ1) is 10.2. The third-order valence-electron chi connectivity index (χ3n) is 3.77. The average molecular weight is 345 g/mol. The van der Waals surface area contributed by atoms with Gasteiger partial charge in [0.2, 0.25) is 0 Å². The minimum Gasteiger partial charge on any atom is -0.311 e. The molecule has 0 spiro atoms. The summed E-state index contributed by atoms with van der Waals surface area (Å²) in [5.74, 6) is 0.0480. The fraction of sp³-hybridized carbons (Fsp3) is 0.235. The molecule has 0 radical (unpaired) electrons. The predicted octanol–water partition coefficient (Wildman–Crippen LogP) is 3.51. The summed E-state index contributed by atoms with van der Waals surface area (Å²) >= 11 is 3.50. The van der Waals surface area contributed by atoms with Gasteiger partial charge < -0.3 is 10.2 Å². The maximum absolute atomic E-state index is 12.9. The van der Waals surface area contributed by atoms with Crippen molar-refractivity contribution in [2.45, 2.75) is 13.5 Å². The van der Waals surface area contributed by atoms with Crippen molar-refractivity contribution in [3.8, 4) is 0 Å². The van der Waals surface area contributed by atoms with Crippen LogP contribution in [-0.2, 0) is 6.54 Å². The minimum absolute atomic E-state index is 0.0480. The number of anilines is 1. The van der Waals surface area contributed by atoms with Crippen LogP contribution in [0, 0.1) is 6.92 Å². The Morgan fingerprint density at radius 1 is 1.24 bits per heavy atom. The number of amides is 1. The fourth-order valence-electron chi connectivity index (χ4n) is 2.55. The lowest BCUT2D eigenvalue weighted by Crippen LogP contribution is -2.34. The van der Waals surface area contributed by atoms with E-state index in [2.05, 4.69) is 27.3 Å². The highest BCUT2D eigenvalue weighted by Gasteiger charge is 2.22. The number of nitrogens with one attached hydrogen (secondary N) is 1. The third kappa shape index (κ3) is 2.87. The zero-order chi connectivity index (χ0) is 14.8. The lowest BCUT2D eigenvalue weighted by molar-refractivity contribution is 0.0987. The summed E-state index contributed by atoms with van der Waals surface area (Å²) < 4.78 is 0.967. The second kappa shape index (κ2) is 6.00. The van der Waals surface area contributed by atoms with Crippen molar-refractivity contribution in [2.24, 2.45) is 0 Å². The molecule has 0 bridgehead atoms. The SMILES string of the molecule is Cc1ccc(C(=O)N2CCNCc3ccccc32)cc1Br. The van der Waals surface area contributed by atoms with E-state index >= 15 is 0 Å². The van der Waals surface area contributed by atoms with E-state index in [1.165, 1.54) is 0 Å². The number of nitrogens with zero attached hydrogens (tertiary/aromatic N) is 1. The molecule has 1 aliphatic heterocycles. The third-order valence-corrected chi connectivity index (χ3v) is 4.63. The standard InChI is InChI=1S/C17H17BrN2O/c1-12-6-7-13(10-15(12)18)17(21)20-9-8-19-11-14-4-2-3-5-16(14)20/h2-7,10,19H,8-9,11H2,1H3. The van der Waals surface area contributed by atoms with Crippen molar-refractivity contribution < 1.29 is 4.79 Å².